The van der Waals surface area contributed by atoms with Crippen molar-refractivity contribution >= 4 is 5.97 Å². The quantitative estimate of drug-likeness (QED) is 0.766. The van der Waals surface area contributed by atoms with E-state index in [0.717, 1.165) is 31.2 Å². The Kier molecular flexibility index (Phi) is 4.61. The number of aliphatic hydroxyl groups excluding tert-OH is 1. The molecule has 2 fully saturated rings. The Bertz CT molecular complexity index is 732. The highest BCUT2D eigenvalue weighted by molar-refractivity contribution is 5.73. The van der Waals surface area contributed by atoms with Crippen LogP contribution in [0.3, 0.4) is 0 Å². The molecule has 4 nitrogen and oxygen atoms in total. The van der Waals surface area contributed by atoms with Crippen molar-refractivity contribution in [3.63, 3.8) is 0 Å². The van der Waals surface area contributed by atoms with Gasteiger partial charge in [-0.05, 0) is 79.0 Å². The number of hydrogen-bond acceptors (Lipinski definition) is 4. The number of phenolic OH excluding ortho intramolecular Hbond substituents is 1. The molecule has 1 aromatic rings. The van der Waals surface area contributed by atoms with Crippen LogP contribution in [0.5, 0.6) is 5.75 Å². The van der Waals surface area contributed by atoms with E-state index in [2.05, 4.69) is 4.74 Å². The van der Waals surface area contributed by atoms with Gasteiger partial charge in [0.2, 0.25) is 0 Å². The number of aromatic hydroxyl groups is 1. The summed E-state index contributed by atoms with van der Waals surface area (Å²) in [7, 11) is 0. The standard InChI is InChI=1S/C20H23F3O4/c21-20(22,23)9-27-19(26)17-8-16-14-3-1-10-7-11(24)2-4-12(10)13(14)5-6-15(16)18(17)25/h2,4,7,13-18,24-25H,1,3,5-6,8-9H2/t13-,14-,15?,16+,17-,18-/m1/s1. The van der Waals surface area contributed by atoms with Crippen LogP contribution in [0.15, 0.2) is 18.2 Å². The molecule has 0 amide bonds. The maximum absolute atomic E-state index is 12.3. The van der Waals surface area contributed by atoms with E-state index in [-0.39, 0.29) is 17.6 Å². The van der Waals surface area contributed by atoms with E-state index >= 15 is 0 Å². The lowest BCUT2D eigenvalue weighted by Crippen LogP contribution is -2.37. The van der Waals surface area contributed by atoms with E-state index in [1.165, 1.54) is 5.56 Å². The molecular weight excluding hydrogens is 361 g/mol. The predicted octanol–water partition coefficient (Wildman–Crippen LogP) is 3.55. The second-order valence-electron chi connectivity index (χ2n) is 8.15. The fourth-order valence-electron chi connectivity index (χ4n) is 5.71. The molecule has 7 heteroatoms. The first-order valence-corrected chi connectivity index (χ1v) is 9.48. The van der Waals surface area contributed by atoms with E-state index in [1.807, 2.05) is 6.07 Å². The van der Waals surface area contributed by atoms with Crippen molar-refractivity contribution in [2.24, 2.45) is 23.7 Å². The normalized spacial score (nSPS) is 35.1. The molecule has 0 aromatic heterocycles. The molecule has 0 spiro atoms. The summed E-state index contributed by atoms with van der Waals surface area (Å²) in [5.74, 6) is -0.889. The molecule has 6 atom stereocenters. The number of alkyl halides is 3. The smallest absolute Gasteiger partial charge is 0.422 e. The topological polar surface area (TPSA) is 66.8 Å². The highest BCUT2D eigenvalue weighted by Crippen LogP contribution is 2.56. The maximum atomic E-state index is 12.3. The Morgan fingerprint density at radius 2 is 1.93 bits per heavy atom. The van der Waals surface area contributed by atoms with E-state index in [4.69, 9.17) is 0 Å². The first-order chi connectivity index (χ1) is 12.7. The molecular formula is C20H23F3O4. The van der Waals surface area contributed by atoms with Crippen LogP contribution in [0.2, 0.25) is 0 Å². The van der Waals surface area contributed by atoms with Crippen molar-refractivity contribution in [2.45, 2.75) is 50.3 Å². The largest absolute Gasteiger partial charge is 0.508 e. The van der Waals surface area contributed by atoms with E-state index in [9.17, 15) is 28.2 Å². The number of aliphatic hydroxyl groups is 1. The van der Waals surface area contributed by atoms with Crippen LogP contribution in [-0.4, -0.2) is 35.1 Å². The van der Waals surface area contributed by atoms with Gasteiger partial charge in [-0.2, -0.15) is 13.2 Å². The van der Waals surface area contributed by atoms with E-state index < -0.39 is 30.8 Å². The van der Waals surface area contributed by atoms with Gasteiger partial charge < -0.3 is 14.9 Å². The SMILES string of the molecule is O=C(OCC(F)(F)F)[C@@H]1C[C@@H]2C(CC[C@@H]3c4ccc(O)cc4CC[C@H]32)[C@H]1O. The van der Waals surface area contributed by atoms with Gasteiger partial charge in [0, 0.05) is 0 Å². The fourth-order valence-corrected chi connectivity index (χ4v) is 5.71. The lowest BCUT2D eigenvalue weighted by molar-refractivity contribution is -0.191. The summed E-state index contributed by atoms with van der Waals surface area (Å²) >= 11 is 0. The average molecular weight is 384 g/mol. The summed E-state index contributed by atoms with van der Waals surface area (Å²) in [4.78, 5) is 12.1. The van der Waals surface area contributed by atoms with Crippen LogP contribution in [-0.2, 0) is 16.0 Å². The van der Waals surface area contributed by atoms with Crippen LogP contribution in [0, 0.1) is 23.7 Å². The summed E-state index contributed by atoms with van der Waals surface area (Å²) < 4.78 is 41.4. The molecule has 4 rings (SSSR count). The number of aryl methyl sites for hydroxylation is 1. The highest BCUT2D eigenvalue weighted by Gasteiger charge is 2.53. The number of carbonyl (C=O) groups excluding carboxylic acids is 1. The summed E-state index contributed by atoms with van der Waals surface area (Å²) in [6.07, 6.45) is -1.75. The van der Waals surface area contributed by atoms with Gasteiger partial charge in [-0.15, -0.1) is 0 Å². The highest BCUT2D eigenvalue weighted by atomic mass is 19.4. The van der Waals surface area contributed by atoms with Crippen LogP contribution >= 0.6 is 0 Å². The molecule has 0 aliphatic heterocycles. The van der Waals surface area contributed by atoms with Gasteiger partial charge in [0.1, 0.15) is 5.75 Å². The second-order valence-corrected chi connectivity index (χ2v) is 8.15. The number of ether oxygens (including phenoxy) is 1. The third-order valence-corrected chi connectivity index (χ3v) is 6.76. The molecule has 2 saturated carbocycles. The third kappa shape index (κ3) is 3.42. The van der Waals surface area contributed by atoms with Gasteiger partial charge in [-0.3, -0.25) is 4.79 Å². The van der Waals surface area contributed by atoms with Crippen LogP contribution in [0.4, 0.5) is 13.2 Å². The number of fused-ring (bicyclic) bond motifs is 5. The van der Waals surface area contributed by atoms with Crippen molar-refractivity contribution in [1.29, 1.82) is 0 Å². The third-order valence-electron chi connectivity index (χ3n) is 6.76. The molecule has 3 aliphatic carbocycles. The predicted molar refractivity (Wildman–Crippen MR) is 90.0 cm³/mol. The van der Waals surface area contributed by atoms with E-state index in [0.29, 0.717) is 18.3 Å². The fraction of sp³-hybridized carbons (Fsp3) is 0.650. The Hall–Kier alpha value is -1.76. The maximum Gasteiger partial charge on any atom is 0.422 e. The Morgan fingerprint density at radius 3 is 2.67 bits per heavy atom. The summed E-state index contributed by atoms with van der Waals surface area (Å²) in [6, 6.07) is 5.45. The molecule has 0 heterocycles. The molecule has 0 saturated heterocycles. The summed E-state index contributed by atoms with van der Waals surface area (Å²) in [6.45, 7) is -1.60. The minimum atomic E-state index is -4.56. The zero-order chi connectivity index (χ0) is 19.3. The van der Waals surface area contributed by atoms with Gasteiger partial charge in [-0.1, -0.05) is 6.07 Å². The summed E-state index contributed by atoms with van der Waals surface area (Å²) in [5.41, 5.74) is 2.37. The second kappa shape index (κ2) is 6.69. The van der Waals surface area contributed by atoms with Crippen LogP contribution in [0.1, 0.15) is 42.7 Å². The van der Waals surface area contributed by atoms with Crippen molar-refractivity contribution in [2.75, 3.05) is 6.61 Å². The van der Waals surface area contributed by atoms with Crippen molar-refractivity contribution in [3.05, 3.63) is 29.3 Å². The number of esters is 1. The number of phenols is 1. The molecule has 2 N–H and O–H groups in total. The van der Waals surface area contributed by atoms with Crippen molar-refractivity contribution in [1.82, 2.24) is 0 Å². The number of hydrogen-bond donors (Lipinski definition) is 2. The van der Waals surface area contributed by atoms with Gasteiger partial charge in [0.15, 0.2) is 6.61 Å². The molecule has 27 heavy (non-hydrogen) atoms. The molecule has 3 aliphatic rings. The van der Waals surface area contributed by atoms with Crippen LogP contribution < -0.4 is 0 Å². The first-order valence-electron chi connectivity index (χ1n) is 9.48. The minimum Gasteiger partial charge on any atom is -0.508 e. The first kappa shape index (κ1) is 18.6. The van der Waals surface area contributed by atoms with Crippen LogP contribution in [0.25, 0.3) is 0 Å². The molecule has 1 aromatic carbocycles. The Labute approximate surface area is 155 Å². The van der Waals surface area contributed by atoms with Gasteiger partial charge in [0.05, 0.1) is 12.0 Å². The Morgan fingerprint density at radius 1 is 1.15 bits per heavy atom. The lowest BCUT2D eigenvalue weighted by atomic mass is 9.61. The molecule has 0 radical (unpaired) electrons. The van der Waals surface area contributed by atoms with Gasteiger partial charge in [-0.25, -0.2) is 0 Å². The number of benzene rings is 1. The lowest BCUT2D eigenvalue weighted by Gasteiger charge is -2.44. The molecule has 1 unspecified atom stereocenters. The number of rotatable bonds is 2. The zero-order valence-corrected chi connectivity index (χ0v) is 14.8. The number of carbonyl (C=O) groups is 1. The monoisotopic (exact) mass is 384 g/mol. The number of halogens is 3. The Balaban J connectivity index is 1.50. The van der Waals surface area contributed by atoms with Crippen molar-refractivity contribution in [3.8, 4) is 5.75 Å². The molecule has 148 valence electrons. The zero-order valence-electron chi connectivity index (χ0n) is 14.8. The summed E-state index contributed by atoms with van der Waals surface area (Å²) in [5, 5.41) is 20.3. The van der Waals surface area contributed by atoms with Gasteiger partial charge >= 0.3 is 12.1 Å². The van der Waals surface area contributed by atoms with Gasteiger partial charge in [0.25, 0.3) is 0 Å². The minimum absolute atomic E-state index is 0.0617. The average Bonchev–Trinajstić information content (AvgIpc) is 2.95. The molecule has 0 bridgehead atoms. The van der Waals surface area contributed by atoms with Crippen molar-refractivity contribution < 1.29 is 32.9 Å². The van der Waals surface area contributed by atoms with E-state index in [1.54, 1.807) is 12.1 Å².